The number of fused-ring (bicyclic) bond motifs is 1. The Morgan fingerprint density at radius 1 is 1.38 bits per heavy atom. The van der Waals surface area contributed by atoms with Crippen LogP contribution in [-0.2, 0) is 9.59 Å². The fourth-order valence-electron chi connectivity index (χ4n) is 2.04. The Bertz CT molecular complexity index is 407. The molecule has 1 saturated heterocycles. The van der Waals surface area contributed by atoms with Gasteiger partial charge in [-0.25, -0.2) is 0 Å². The lowest BCUT2D eigenvalue weighted by Crippen LogP contribution is -2.33. The lowest BCUT2D eigenvalue weighted by Gasteiger charge is -2.15. The summed E-state index contributed by atoms with van der Waals surface area (Å²) >= 11 is 0. The van der Waals surface area contributed by atoms with Crippen LogP contribution in [0.15, 0.2) is 23.3 Å². The number of imide groups is 1. The van der Waals surface area contributed by atoms with Crippen LogP contribution in [0.5, 0.6) is 0 Å². The fraction of sp³-hybridized carbons (Fsp3) is 0.500. The van der Waals surface area contributed by atoms with Gasteiger partial charge in [0.2, 0.25) is 0 Å². The average Bonchev–Trinajstić information content (AvgIpc) is 2.43. The normalized spacial score (nSPS) is 24.8. The second-order valence-corrected chi connectivity index (χ2v) is 4.71. The van der Waals surface area contributed by atoms with Gasteiger partial charge in [-0.2, -0.15) is 0 Å². The minimum absolute atomic E-state index is 0.144. The Labute approximate surface area is 94.8 Å². The van der Waals surface area contributed by atoms with Crippen molar-refractivity contribution in [1.82, 2.24) is 4.90 Å². The van der Waals surface area contributed by atoms with Crippen LogP contribution in [0.2, 0.25) is 0 Å². The smallest absolute Gasteiger partial charge is 0.261 e. The van der Waals surface area contributed by atoms with E-state index >= 15 is 0 Å². The van der Waals surface area contributed by atoms with Crippen molar-refractivity contribution >= 4 is 11.8 Å². The molecule has 2 aliphatic rings. The quantitative estimate of drug-likeness (QED) is 0.693. The summed E-state index contributed by atoms with van der Waals surface area (Å²) in [6.45, 7) is 4.44. The van der Waals surface area contributed by atoms with Gasteiger partial charge in [0.1, 0.15) is 0 Å². The van der Waals surface area contributed by atoms with Crippen LogP contribution in [0.25, 0.3) is 0 Å². The second kappa shape index (κ2) is 3.87. The predicted octanol–water partition coefficient (Wildman–Crippen LogP) is 0.595. The SMILES string of the molecule is CC(C)CN1C(=O)C2=CCC(N)C=C2C1=O. The maximum Gasteiger partial charge on any atom is 0.261 e. The largest absolute Gasteiger partial charge is 0.324 e. The summed E-state index contributed by atoms with van der Waals surface area (Å²) in [5, 5.41) is 0. The van der Waals surface area contributed by atoms with Crippen LogP contribution in [0, 0.1) is 5.92 Å². The number of likely N-dealkylation sites (tertiary alicyclic amines) is 1. The zero-order chi connectivity index (χ0) is 11.9. The Kier molecular flexibility index (Phi) is 2.68. The van der Waals surface area contributed by atoms with Gasteiger partial charge < -0.3 is 5.73 Å². The van der Waals surface area contributed by atoms with Gasteiger partial charge in [0.25, 0.3) is 11.8 Å². The summed E-state index contributed by atoms with van der Waals surface area (Å²) in [7, 11) is 0. The number of amides is 2. The zero-order valence-corrected chi connectivity index (χ0v) is 9.56. The van der Waals surface area contributed by atoms with Gasteiger partial charge in [0.15, 0.2) is 0 Å². The number of carbonyl (C=O) groups excluding carboxylic acids is 2. The molecule has 0 aromatic carbocycles. The molecule has 1 aliphatic carbocycles. The van der Waals surface area contributed by atoms with E-state index in [2.05, 4.69) is 0 Å². The zero-order valence-electron chi connectivity index (χ0n) is 9.56. The maximum absolute atomic E-state index is 12.0. The van der Waals surface area contributed by atoms with Crippen LogP contribution in [0.4, 0.5) is 0 Å². The van der Waals surface area contributed by atoms with Gasteiger partial charge in [-0.3, -0.25) is 14.5 Å². The van der Waals surface area contributed by atoms with Crippen molar-refractivity contribution in [2.75, 3.05) is 6.54 Å². The van der Waals surface area contributed by atoms with Crippen LogP contribution >= 0.6 is 0 Å². The molecular formula is C12H16N2O2. The lowest BCUT2D eigenvalue weighted by molar-refractivity contribution is -0.137. The van der Waals surface area contributed by atoms with Gasteiger partial charge >= 0.3 is 0 Å². The molecule has 1 heterocycles. The van der Waals surface area contributed by atoms with Crippen molar-refractivity contribution < 1.29 is 9.59 Å². The molecule has 0 aromatic rings. The molecule has 16 heavy (non-hydrogen) atoms. The van der Waals surface area contributed by atoms with E-state index in [1.165, 1.54) is 4.90 Å². The second-order valence-electron chi connectivity index (χ2n) is 4.71. The fourth-order valence-corrected chi connectivity index (χ4v) is 2.04. The number of nitrogens with zero attached hydrogens (tertiary/aromatic N) is 1. The lowest BCUT2D eigenvalue weighted by atomic mass is 9.97. The van der Waals surface area contributed by atoms with Crippen LogP contribution < -0.4 is 5.73 Å². The Balaban J connectivity index is 2.32. The number of rotatable bonds is 2. The minimum atomic E-state index is -0.194. The molecule has 0 aromatic heterocycles. The molecule has 1 atom stereocenters. The number of carbonyl (C=O) groups is 2. The molecule has 2 amide bonds. The highest BCUT2D eigenvalue weighted by Crippen LogP contribution is 2.29. The molecule has 4 heteroatoms. The number of hydrogen-bond donors (Lipinski definition) is 1. The van der Waals surface area contributed by atoms with E-state index < -0.39 is 0 Å². The Hall–Kier alpha value is -1.42. The Morgan fingerprint density at radius 3 is 2.62 bits per heavy atom. The van der Waals surface area contributed by atoms with Gasteiger partial charge in [-0.1, -0.05) is 26.0 Å². The molecule has 86 valence electrons. The molecule has 2 N–H and O–H groups in total. The van der Waals surface area contributed by atoms with Crippen molar-refractivity contribution in [1.29, 1.82) is 0 Å². The molecule has 0 saturated carbocycles. The topological polar surface area (TPSA) is 63.4 Å². The first kappa shape index (κ1) is 11.1. The van der Waals surface area contributed by atoms with Crippen LogP contribution in [0.3, 0.4) is 0 Å². The monoisotopic (exact) mass is 220 g/mol. The highest BCUT2D eigenvalue weighted by Gasteiger charge is 2.39. The third-order valence-corrected chi connectivity index (χ3v) is 2.76. The van der Waals surface area contributed by atoms with Crippen molar-refractivity contribution in [2.45, 2.75) is 26.3 Å². The summed E-state index contributed by atoms with van der Waals surface area (Å²) in [5.74, 6) is -0.0834. The molecule has 0 radical (unpaired) electrons. The average molecular weight is 220 g/mol. The van der Waals surface area contributed by atoms with Crippen LogP contribution in [0.1, 0.15) is 20.3 Å². The van der Waals surface area contributed by atoms with Gasteiger partial charge in [0, 0.05) is 18.2 Å². The summed E-state index contributed by atoms with van der Waals surface area (Å²) in [6.07, 6.45) is 4.11. The molecule has 4 nitrogen and oxygen atoms in total. The highest BCUT2D eigenvalue weighted by atomic mass is 16.2. The molecule has 0 bridgehead atoms. The third-order valence-electron chi connectivity index (χ3n) is 2.76. The van der Waals surface area contributed by atoms with E-state index in [1.54, 1.807) is 12.2 Å². The van der Waals surface area contributed by atoms with Crippen molar-refractivity contribution in [3.05, 3.63) is 23.3 Å². The standard InChI is InChI=1S/C12H16N2O2/c1-7(2)6-14-11(15)9-4-3-8(13)5-10(9)12(14)16/h4-5,7-8H,3,6,13H2,1-2H3. The Morgan fingerprint density at radius 2 is 2.00 bits per heavy atom. The maximum atomic E-state index is 12.0. The first-order chi connectivity index (χ1) is 7.50. The molecular weight excluding hydrogens is 204 g/mol. The summed E-state index contributed by atoms with van der Waals surface area (Å²) < 4.78 is 0. The third kappa shape index (κ3) is 1.69. The predicted molar refractivity (Wildman–Crippen MR) is 60.3 cm³/mol. The van der Waals surface area contributed by atoms with E-state index in [0.29, 0.717) is 24.1 Å². The summed E-state index contributed by atoms with van der Waals surface area (Å²) in [5.41, 5.74) is 6.77. The van der Waals surface area contributed by atoms with Crippen molar-refractivity contribution in [2.24, 2.45) is 11.7 Å². The van der Waals surface area contributed by atoms with Gasteiger partial charge in [0.05, 0.1) is 5.57 Å². The first-order valence-electron chi connectivity index (χ1n) is 5.55. The first-order valence-corrected chi connectivity index (χ1v) is 5.55. The molecule has 0 spiro atoms. The summed E-state index contributed by atoms with van der Waals surface area (Å²) in [4.78, 5) is 25.2. The molecule has 1 unspecified atom stereocenters. The number of hydrogen-bond acceptors (Lipinski definition) is 3. The van der Waals surface area contributed by atoms with E-state index in [4.69, 9.17) is 5.73 Å². The van der Waals surface area contributed by atoms with E-state index in [1.807, 2.05) is 13.8 Å². The van der Waals surface area contributed by atoms with E-state index in [0.717, 1.165) is 0 Å². The summed E-state index contributed by atoms with van der Waals surface area (Å²) in [6, 6.07) is -0.144. The van der Waals surface area contributed by atoms with E-state index in [9.17, 15) is 9.59 Å². The van der Waals surface area contributed by atoms with E-state index in [-0.39, 0.29) is 23.8 Å². The van der Waals surface area contributed by atoms with Crippen molar-refractivity contribution in [3.8, 4) is 0 Å². The number of nitrogens with two attached hydrogens (primary N) is 1. The molecule has 1 aliphatic heterocycles. The minimum Gasteiger partial charge on any atom is -0.324 e. The highest BCUT2D eigenvalue weighted by molar-refractivity contribution is 6.24. The van der Waals surface area contributed by atoms with Gasteiger partial charge in [-0.15, -0.1) is 0 Å². The molecule has 2 rings (SSSR count). The molecule has 1 fully saturated rings. The van der Waals surface area contributed by atoms with Gasteiger partial charge in [-0.05, 0) is 12.3 Å². The van der Waals surface area contributed by atoms with Crippen LogP contribution in [-0.4, -0.2) is 29.3 Å². The van der Waals surface area contributed by atoms with Crippen molar-refractivity contribution in [3.63, 3.8) is 0 Å².